The van der Waals surface area contributed by atoms with E-state index in [1.54, 1.807) is 50.5 Å². The quantitative estimate of drug-likeness (QED) is 0.770. The van der Waals surface area contributed by atoms with Crippen LogP contribution >= 0.6 is 0 Å². The minimum atomic E-state index is -0.544. The molecule has 136 valence electrons. The lowest BCUT2D eigenvalue weighted by molar-refractivity contribution is -0.146. The first kappa shape index (κ1) is 19.0. The Hall–Kier alpha value is -3.35. The van der Waals surface area contributed by atoms with Crippen LogP contribution in [0.2, 0.25) is 0 Å². The van der Waals surface area contributed by atoms with Crippen molar-refractivity contribution >= 4 is 23.5 Å². The summed E-state index contributed by atoms with van der Waals surface area (Å²) in [4.78, 5) is 36.8. The first-order chi connectivity index (χ1) is 12.3. The van der Waals surface area contributed by atoms with Crippen LogP contribution in [0.1, 0.15) is 15.9 Å². The molecule has 7 nitrogen and oxygen atoms in total. The zero-order valence-corrected chi connectivity index (χ0v) is 14.6. The Morgan fingerprint density at radius 1 is 1.00 bits per heavy atom. The van der Waals surface area contributed by atoms with Crippen LogP contribution in [0, 0.1) is 0 Å². The summed E-state index contributed by atoms with van der Waals surface area (Å²) in [7, 11) is 3.31. The number of nitrogens with one attached hydrogen (secondary N) is 1. The van der Waals surface area contributed by atoms with Gasteiger partial charge in [-0.05, 0) is 42.0 Å². The van der Waals surface area contributed by atoms with Crippen LogP contribution in [0.3, 0.4) is 0 Å². The monoisotopic (exact) mass is 356 g/mol. The van der Waals surface area contributed by atoms with Crippen LogP contribution in [0.25, 0.3) is 0 Å². The third kappa shape index (κ3) is 5.62. The maximum Gasteiger partial charge on any atom is 0.310 e. The summed E-state index contributed by atoms with van der Waals surface area (Å²) in [5, 5.41) is 11.8. The van der Waals surface area contributed by atoms with E-state index in [2.05, 4.69) is 5.32 Å². The predicted molar refractivity (Wildman–Crippen MR) is 95.9 cm³/mol. The molecular weight excluding hydrogens is 336 g/mol. The number of phenols is 1. The molecule has 0 radical (unpaired) electrons. The molecule has 0 aromatic heterocycles. The van der Waals surface area contributed by atoms with Gasteiger partial charge in [-0.1, -0.05) is 12.1 Å². The molecule has 0 heterocycles. The molecule has 2 N–H and O–H groups in total. The van der Waals surface area contributed by atoms with E-state index in [0.29, 0.717) is 16.8 Å². The molecule has 2 aromatic carbocycles. The van der Waals surface area contributed by atoms with Crippen molar-refractivity contribution in [3.63, 3.8) is 0 Å². The number of anilines is 1. The molecule has 2 rings (SSSR count). The van der Waals surface area contributed by atoms with Crippen molar-refractivity contribution in [2.24, 2.45) is 0 Å². The number of benzene rings is 2. The maximum absolute atomic E-state index is 11.8. The van der Waals surface area contributed by atoms with Gasteiger partial charge in [-0.3, -0.25) is 14.4 Å². The van der Waals surface area contributed by atoms with Crippen molar-refractivity contribution in [3.05, 3.63) is 59.7 Å². The van der Waals surface area contributed by atoms with Gasteiger partial charge in [-0.2, -0.15) is 0 Å². The zero-order valence-electron chi connectivity index (χ0n) is 14.6. The summed E-state index contributed by atoms with van der Waals surface area (Å²) >= 11 is 0. The molecule has 0 bridgehead atoms. The summed E-state index contributed by atoms with van der Waals surface area (Å²) in [6.07, 6.45) is 0.00883. The minimum Gasteiger partial charge on any atom is -0.508 e. The fraction of sp³-hybridized carbons (Fsp3) is 0.211. The van der Waals surface area contributed by atoms with E-state index < -0.39 is 18.5 Å². The van der Waals surface area contributed by atoms with Gasteiger partial charge in [0.1, 0.15) is 5.75 Å². The van der Waals surface area contributed by atoms with Crippen LogP contribution in [0.4, 0.5) is 5.69 Å². The van der Waals surface area contributed by atoms with Gasteiger partial charge < -0.3 is 20.1 Å². The largest absolute Gasteiger partial charge is 0.508 e. The predicted octanol–water partition coefficient (Wildman–Crippen LogP) is 1.82. The summed E-state index contributed by atoms with van der Waals surface area (Å²) < 4.78 is 4.93. The summed E-state index contributed by atoms with van der Waals surface area (Å²) in [5.41, 5.74) is 1.68. The Morgan fingerprint density at radius 2 is 1.62 bits per heavy atom. The molecule has 0 saturated carbocycles. The van der Waals surface area contributed by atoms with Crippen molar-refractivity contribution in [2.75, 3.05) is 26.0 Å². The lowest BCUT2D eigenvalue weighted by Gasteiger charge is -2.11. The number of hydrogen-bond donors (Lipinski definition) is 2. The van der Waals surface area contributed by atoms with E-state index in [-0.39, 0.29) is 18.1 Å². The molecule has 0 aliphatic carbocycles. The minimum absolute atomic E-state index is 0.00883. The molecule has 7 heteroatoms. The second kappa shape index (κ2) is 8.66. The van der Waals surface area contributed by atoms with Gasteiger partial charge in [-0.25, -0.2) is 0 Å². The Balaban J connectivity index is 1.80. The Morgan fingerprint density at radius 3 is 2.19 bits per heavy atom. The lowest BCUT2D eigenvalue weighted by atomic mass is 10.1. The average molecular weight is 356 g/mol. The van der Waals surface area contributed by atoms with Gasteiger partial charge in [0.25, 0.3) is 11.8 Å². The fourth-order valence-corrected chi connectivity index (χ4v) is 2.13. The van der Waals surface area contributed by atoms with Crippen molar-refractivity contribution in [2.45, 2.75) is 6.42 Å². The van der Waals surface area contributed by atoms with Crippen LogP contribution in [0.15, 0.2) is 48.5 Å². The first-order valence-electron chi connectivity index (χ1n) is 7.90. The molecule has 0 atom stereocenters. The van der Waals surface area contributed by atoms with E-state index in [9.17, 15) is 19.5 Å². The van der Waals surface area contributed by atoms with Crippen LogP contribution in [-0.4, -0.2) is 48.5 Å². The second-order valence-corrected chi connectivity index (χ2v) is 5.83. The second-order valence-electron chi connectivity index (χ2n) is 5.83. The summed E-state index contributed by atoms with van der Waals surface area (Å²) in [6, 6.07) is 12.6. The van der Waals surface area contributed by atoms with Gasteiger partial charge >= 0.3 is 5.97 Å². The highest BCUT2D eigenvalue weighted by Gasteiger charge is 2.10. The normalized spacial score (nSPS) is 10.1. The number of rotatable bonds is 6. The first-order valence-corrected chi connectivity index (χ1v) is 7.90. The molecule has 0 unspecified atom stereocenters. The molecular formula is C19H20N2O5. The van der Waals surface area contributed by atoms with Gasteiger partial charge in [0.2, 0.25) is 0 Å². The molecule has 0 aliphatic heterocycles. The Labute approximate surface area is 151 Å². The van der Waals surface area contributed by atoms with E-state index in [4.69, 9.17) is 4.74 Å². The van der Waals surface area contributed by atoms with E-state index in [0.717, 1.165) is 0 Å². The fourth-order valence-electron chi connectivity index (χ4n) is 2.13. The number of hydrogen-bond acceptors (Lipinski definition) is 5. The SMILES string of the molecule is CN(C)C(=O)c1ccc(NC(=O)COC(=O)Cc2ccc(O)cc2)cc1. The average Bonchev–Trinajstić information content (AvgIpc) is 2.62. The summed E-state index contributed by atoms with van der Waals surface area (Å²) in [5.74, 6) is -1.04. The van der Waals surface area contributed by atoms with Gasteiger partial charge in [0.05, 0.1) is 6.42 Å². The molecule has 2 aromatic rings. The van der Waals surface area contributed by atoms with Crippen LogP contribution in [-0.2, 0) is 20.7 Å². The molecule has 0 spiro atoms. The van der Waals surface area contributed by atoms with E-state index >= 15 is 0 Å². The van der Waals surface area contributed by atoms with Gasteiger partial charge in [0, 0.05) is 25.3 Å². The van der Waals surface area contributed by atoms with Gasteiger partial charge in [-0.15, -0.1) is 0 Å². The number of aromatic hydroxyl groups is 1. The third-order valence-corrected chi connectivity index (χ3v) is 3.47. The number of amides is 2. The number of carbonyl (C=O) groups is 3. The Kier molecular flexibility index (Phi) is 6.32. The number of carbonyl (C=O) groups excluding carboxylic acids is 3. The van der Waals surface area contributed by atoms with Crippen molar-refractivity contribution < 1.29 is 24.2 Å². The maximum atomic E-state index is 11.8. The van der Waals surface area contributed by atoms with Crippen molar-refractivity contribution in [3.8, 4) is 5.75 Å². The molecule has 2 amide bonds. The number of esters is 1. The smallest absolute Gasteiger partial charge is 0.310 e. The van der Waals surface area contributed by atoms with E-state index in [1.165, 1.54) is 17.0 Å². The van der Waals surface area contributed by atoms with Crippen LogP contribution < -0.4 is 5.32 Å². The lowest BCUT2D eigenvalue weighted by Crippen LogP contribution is -2.22. The number of phenolic OH excluding ortho intramolecular Hbond substituents is 1. The highest BCUT2D eigenvalue weighted by Crippen LogP contribution is 2.12. The number of nitrogens with zero attached hydrogens (tertiary/aromatic N) is 1. The van der Waals surface area contributed by atoms with Crippen LogP contribution in [0.5, 0.6) is 5.75 Å². The third-order valence-electron chi connectivity index (χ3n) is 3.47. The molecule has 0 fully saturated rings. The van der Waals surface area contributed by atoms with Crippen molar-refractivity contribution in [1.82, 2.24) is 4.90 Å². The molecule has 0 saturated heterocycles. The van der Waals surface area contributed by atoms with Gasteiger partial charge in [0.15, 0.2) is 6.61 Å². The summed E-state index contributed by atoms with van der Waals surface area (Å²) in [6.45, 7) is -0.407. The zero-order chi connectivity index (χ0) is 19.1. The van der Waals surface area contributed by atoms with E-state index in [1.807, 2.05) is 0 Å². The standard InChI is InChI=1S/C19H20N2O5/c1-21(2)19(25)14-5-7-15(8-6-14)20-17(23)12-26-18(24)11-13-3-9-16(22)10-4-13/h3-10,22H,11-12H2,1-2H3,(H,20,23). The molecule has 0 aliphatic rings. The topological polar surface area (TPSA) is 95.9 Å². The highest BCUT2D eigenvalue weighted by atomic mass is 16.5. The Bertz CT molecular complexity index is 783. The molecule has 26 heavy (non-hydrogen) atoms. The van der Waals surface area contributed by atoms with Crippen molar-refractivity contribution in [1.29, 1.82) is 0 Å². The number of ether oxygens (including phenoxy) is 1. The highest BCUT2D eigenvalue weighted by molar-refractivity contribution is 5.96.